The van der Waals surface area contributed by atoms with Gasteiger partial charge in [-0.15, -0.1) is 0 Å². The van der Waals surface area contributed by atoms with Gasteiger partial charge in [0, 0.05) is 24.7 Å². The van der Waals surface area contributed by atoms with E-state index < -0.39 is 0 Å². The van der Waals surface area contributed by atoms with E-state index in [1.165, 1.54) is 12.8 Å². The van der Waals surface area contributed by atoms with Crippen LogP contribution in [0.2, 0.25) is 0 Å². The summed E-state index contributed by atoms with van der Waals surface area (Å²) in [6.45, 7) is 1.27. The van der Waals surface area contributed by atoms with Crippen LogP contribution < -0.4 is 5.73 Å². The van der Waals surface area contributed by atoms with Crippen LogP contribution in [-0.2, 0) is 4.74 Å². The van der Waals surface area contributed by atoms with Gasteiger partial charge in [0.05, 0.1) is 12.2 Å². The first-order valence-corrected chi connectivity index (χ1v) is 5.56. The molecule has 0 amide bonds. The lowest BCUT2D eigenvalue weighted by Gasteiger charge is -2.10. The van der Waals surface area contributed by atoms with E-state index in [9.17, 15) is 0 Å². The predicted molar refractivity (Wildman–Crippen MR) is 51.4 cm³/mol. The number of rotatable bonds is 5. The molecule has 3 N–H and O–H groups in total. The van der Waals surface area contributed by atoms with Crippen molar-refractivity contribution in [2.24, 2.45) is 5.73 Å². The van der Waals surface area contributed by atoms with Gasteiger partial charge in [0.1, 0.15) is 0 Å². The largest absolute Gasteiger partial charge is 0.391 e. The minimum atomic E-state index is -0.351. The Kier molecular flexibility index (Phi) is 4.99. The van der Waals surface area contributed by atoms with Crippen molar-refractivity contribution in [3.05, 3.63) is 0 Å². The summed E-state index contributed by atoms with van der Waals surface area (Å²) in [5.41, 5.74) is 5.27. The van der Waals surface area contributed by atoms with Crippen molar-refractivity contribution < 1.29 is 9.84 Å². The van der Waals surface area contributed by atoms with Gasteiger partial charge in [-0.1, -0.05) is 0 Å². The molecule has 2 unspecified atom stereocenters. The van der Waals surface area contributed by atoms with Crippen LogP contribution in [-0.4, -0.2) is 42.0 Å². The van der Waals surface area contributed by atoms with Crippen LogP contribution >= 0.6 is 11.8 Å². The Hall–Kier alpha value is 0.230. The molecule has 4 heteroatoms. The van der Waals surface area contributed by atoms with Crippen LogP contribution in [0, 0.1) is 0 Å². The highest BCUT2D eigenvalue weighted by Crippen LogP contribution is 2.17. The second-order valence-electron chi connectivity index (χ2n) is 3.06. The van der Waals surface area contributed by atoms with Crippen LogP contribution in [0.15, 0.2) is 0 Å². The first kappa shape index (κ1) is 10.3. The molecule has 1 aliphatic rings. The number of aliphatic hydroxyl groups excluding tert-OH is 1. The fourth-order valence-electron chi connectivity index (χ4n) is 1.18. The molecule has 1 saturated heterocycles. The van der Waals surface area contributed by atoms with Gasteiger partial charge in [-0.25, -0.2) is 0 Å². The second kappa shape index (κ2) is 5.80. The maximum atomic E-state index is 9.15. The smallest absolute Gasteiger partial charge is 0.0752 e. The number of hydrogen-bond acceptors (Lipinski definition) is 4. The third-order valence-electron chi connectivity index (χ3n) is 1.91. The molecule has 12 heavy (non-hydrogen) atoms. The highest BCUT2D eigenvalue weighted by Gasteiger charge is 2.15. The average molecular weight is 191 g/mol. The average Bonchev–Trinajstić information content (AvgIpc) is 2.57. The Labute approximate surface area is 77.7 Å². The maximum Gasteiger partial charge on any atom is 0.0752 e. The van der Waals surface area contributed by atoms with Gasteiger partial charge in [-0.3, -0.25) is 0 Å². The zero-order valence-corrected chi connectivity index (χ0v) is 8.05. The molecule has 0 saturated carbocycles. The third-order valence-corrected chi connectivity index (χ3v) is 3.14. The summed E-state index contributed by atoms with van der Waals surface area (Å²) in [5.74, 6) is 1.73. The SMILES string of the molecule is NCC(O)CSCC1CCCO1. The van der Waals surface area contributed by atoms with Gasteiger partial charge in [0.15, 0.2) is 0 Å². The van der Waals surface area contributed by atoms with Crippen LogP contribution in [0.1, 0.15) is 12.8 Å². The van der Waals surface area contributed by atoms with Crippen molar-refractivity contribution in [2.75, 3.05) is 24.7 Å². The molecule has 3 nitrogen and oxygen atoms in total. The molecular formula is C8H17NO2S. The fraction of sp³-hybridized carbons (Fsp3) is 1.00. The lowest BCUT2D eigenvalue weighted by atomic mass is 10.3. The fourth-order valence-corrected chi connectivity index (χ4v) is 2.25. The van der Waals surface area contributed by atoms with Crippen molar-refractivity contribution in [2.45, 2.75) is 25.0 Å². The Balaban J connectivity index is 1.94. The van der Waals surface area contributed by atoms with Crippen LogP contribution in [0.25, 0.3) is 0 Å². The lowest BCUT2D eigenvalue weighted by molar-refractivity contribution is 0.128. The van der Waals surface area contributed by atoms with E-state index in [0.717, 1.165) is 18.1 Å². The summed E-state index contributed by atoms with van der Waals surface area (Å²) >= 11 is 1.73. The van der Waals surface area contributed by atoms with Crippen molar-refractivity contribution >= 4 is 11.8 Å². The minimum Gasteiger partial charge on any atom is -0.391 e. The first-order valence-electron chi connectivity index (χ1n) is 4.40. The van der Waals surface area contributed by atoms with E-state index in [1.807, 2.05) is 0 Å². The molecule has 72 valence electrons. The van der Waals surface area contributed by atoms with Gasteiger partial charge < -0.3 is 15.6 Å². The summed E-state index contributed by atoms with van der Waals surface area (Å²) in [6.07, 6.45) is 2.42. The van der Waals surface area contributed by atoms with Gasteiger partial charge in [-0.2, -0.15) is 11.8 Å². The van der Waals surface area contributed by atoms with Gasteiger partial charge in [-0.05, 0) is 12.8 Å². The molecule has 1 heterocycles. The quantitative estimate of drug-likeness (QED) is 0.652. The monoisotopic (exact) mass is 191 g/mol. The summed E-state index contributed by atoms with van der Waals surface area (Å²) < 4.78 is 5.43. The Morgan fingerprint density at radius 3 is 3.08 bits per heavy atom. The van der Waals surface area contributed by atoms with Crippen molar-refractivity contribution in [3.63, 3.8) is 0 Å². The van der Waals surface area contributed by atoms with E-state index in [0.29, 0.717) is 12.6 Å². The molecule has 0 spiro atoms. The van der Waals surface area contributed by atoms with E-state index in [1.54, 1.807) is 11.8 Å². The molecule has 0 radical (unpaired) electrons. The number of hydrogen-bond donors (Lipinski definition) is 2. The highest BCUT2D eigenvalue weighted by atomic mass is 32.2. The normalized spacial score (nSPS) is 26.0. The molecule has 0 aromatic rings. The topological polar surface area (TPSA) is 55.5 Å². The highest BCUT2D eigenvalue weighted by molar-refractivity contribution is 7.99. The van der Waals surface area contributed by atoms with E-state index in [4.69, 9.17) is 15.6 Å². The maximum absolute atomic E-state index is 9.15. The Bertz CT molecular complexity index is 118. The Morgan fingerprint density at radius 1 is 1.67 bits per heavy atom. The van der Waals surface area contributed by atoms with E-state index >= 15 is 0 Å². The molecule has 1 aliphatic heterocycles. The minimum absolute atomic E-state index is 0.351. The van der Waals surface area contributed by atoms with Gasteiger partial charge in [0.25, 0.3) is 0 Å². The number of nitrogens with two attached hydrogens (primary N) is 1. The van der Waals surface area contributed by atoms with E-state index in [-0.39, 0.29) is 6.10 Å². The summed E-state index contributed by atoms with van der Waals surface area (Å²) in [6, 6.07) is 0. The number of aliphatic hydroxyl groups is 1. The molecule has 1 fully saturated rings. The molecule has 2 atom stereocenters. The van der Waals surface area contributed by atoms with Crippen LogP contribution in [0.5, 0.6) is 0 Å². The summed E-state index contributed by atoms with van der Waals surface area (Å²) in [7, 11) is 0. The first-order chi connectivity index (χ1) is 5.83. The van der Waals surface area contributed by atoms with Crippen LogP contribution in [0.4, 0.5) is 0 Å². The summed E-state index contributed by atoms with van der Waals surface area (Å²) in [5, 5.41) is 9.15. The van der Waals surface area contributed by atoms with Gasteiger partial charge >= 0.3 is 0 Å². The van der Waals surface area contributed by atoms with Crippen LogP contribution in [0.3, 0.4) is 0 Å². The van der Waals surface area contributed by atoms with Crippen molar-refractivity contribution in [3.8, 4) is 0 Å². The molecular weight excluding hydrogens is 174 g/mol. The molecule has 0 aromatic heterocycles. The van der Waals surface area contributed by atoms with Gasteiger partial charge in [0.2, 0.25) is 0 Å². The molecule has 0 bridgehead atoms. The number of thioether (sulfide) groups is 1. The molecule has 0 aliphatic carbocycles. The Morgan fingerprint density at radius 2 is 2.50 bits per heavy atom. The lowest BCUT2D eigenvalue weighted by Crippen LogP contribution is -2.23. The second-order valence-corrected chi connectivity index (χ2v) is 4.14. The van der Waals surface area contributed by atoms with Crippen molar-refractivity contribution in [1.29, 1.82) is 0 Å². The summed E-state index contributed by atoms with van der Waals surface area (Å²) in [4.78, 5) is 0. The third kappa shape index (κ3) is 3.76. The molecule has 1 rings (SSSR count). The van der Waals surface area contributed by atoms with Crippen molar-refractivity contribution in [1.82, 2.24) is 0 Å². The molecule has 0 aromatic carbocycles. The standard InChI is InChI=1S/C8H17NO2S/c9-4-7(10)5-12-6-8-2-1-3-11-8/h7-8,10H,1-6,9H2. The van der Waals surface area contributed by atoms with E-state index in [2.05, 4.69) is 0 Å². The predicted octanol–water partition coefficient (Wildman–Crippen LogP) is 0.218. The zero-order valence-electron chi connectivity index (χ0n) is 7.24. The number of ether oxygens (including phenoxy) is 1. The zero-order chi connectivity index (χ0) is 8.81.